The smallest absolute Gasteiger partial charge is 0.138 e. The van der Waals surface area contributed by atoms with E-state index in [0.29, 0.717) is 40.3 Å². The molecule has 0 saturated carbocycles. The molecule has 0 unspecified atom stereocenters. The van der Waals surface area contributed by atoms with E-state index < -0.39 is 0 Å². The first-order valence-electron chi connectivity index (χ1n) is 6.21. The first-order chi connectivity index (χ1) is 10.1. The molecule has 0 saturated heterocycles. The van der Waals surface area contributed by atoms with Gasteiger partial charge < -0.3 is 15.2 Å². The zero-order valence-corrected chi connectivity index (χ0v) is 12.6. The molecule has 3 N–H and O–H groups in total. The van der Waals surface area contributed by atoms with Crippen molar-refractivity contribution in [1.29, 1.82) is 5.41 Å². The van der Waals surface area contributed by atoms with Gasteiger partial charge in [0.05, 0.1) is 5.02 Å². The lowest BCUT2D eigenvalue weighted by atomic mass is 10.2. The summed E-state index contributed by atoms with van der Waals surface area (Å²) in [6.45, 7) is 0.730. The number of amidine groups is 1. The van der Waals surface area contributed by atoms with Gasteiger partial charge in [0.1, 0.15) is 30.5 Å². The van der Waals surface area contributed by atoms with Gasteiger partial charge in [-0.2, -0.15) is 0 Å². The summed E-state index contributed by atoms with van der Waals surface area (Å²) in [5, 5.41) is 8.33. The highest BCUT2D eigenvalue weighted by Gasteiger charge is 2.02. The molecule has 0 atom stereocenters. The van der Waals surface area contributed by atoms with Crippen molar-refractivity contribution in [3.8, 4) is 11.5 Å². The minimum Gasteiger partial charge on any atom is -0.490 e. The normalized spacial score (nSPS) is 10.2. The third-order valence-corrected chi connectivity index (χ3v) is 3.20. The van der Waals surface area contributed by atoms with E-state index in [1.807, 2.05) is 0 Å². The van der Waals surface area contributed by atoms with E-state index in [-0.39, 0.29) is 5.84 Å². The summed E-state index contributed by atoms with van der Waals surface area (Å²) in [5.74, 6) is 1.28. The van der Waals surface area contributed by atoms with Gasteiger partial charge in [0, 0.05) is 10.6 Å². The van der Waals surface area contributed by atoms with Gasteiger partial charge in [0.15, 0.2) is 0 Å². The van der Waals surface area contributed by atoms with E-state index >= 15 is 0 Å². The maximum atomic E-state index is 7.30. The Bertz CT molecular complexity index is 630. The average Bonchev–Trinajstić information content (AvgIpc) is 2.46. The van der Waals surface area contributed by atoms with E-state index in [1.54, 1.807) is 42.5 Å². The molecule has 0 heterocycles. The molecule has 6 heteroatoms. The molecule has 2 aromatic carbocycles. The Balaban J connectivity index is 1.80. The summed E-state index contributed by atoms with van der Waals surface area (Å²) in [6.07, 6.45) is 0. The summed E-state index contributed by atoms with van der Waals surface area (Å²) < 4.78 is 11.0. The van der Waals surface area contributed by atoms with Crippen LogP contribution in [0.5, 0.6) is 11.5 Å². The van der Waals surface area contributed by atoms with E-state index in [4.69, 9.17) is 43.8 Å². The van der Waals surface area contributed by atoms with Crippen LogP contribution in [0.25, 0.3) is 0 Å². The highest BCUT2D eigenvalue weighted by atomic mass is 35.5. The lowest BCUT2D eigenvalue weighted by Gasteiger charge is -2.10. The zero-order valence-electron chi connectivity index (χ0n) is 11.1. The predicted molar refractivity (Wildman–Crippen MR) is 84.9 cm³/mol. The van der Waals surface area contributed by atoms with Gasteiger partial charge in [0.25, 0.3) is 0 Å². The number of hydrogen-bond donors (Lipinski definition) is 2. The summed E-state index contributed by atoms with van der Waals surface area (Å²) in [7, 11) is 0. The second-order valence-corrected chi connectivity index (χ2v) is 5.05. The van der Waals surface area contributed by atoms with Crippen molar-refractivity contribution < 1.29 is 9.47 Å². The Morgan fingerprint density at radius 1 is 1.00 bits per heavy atom. The van der Waals surface area contributed by atoms with Crippen LogP contribution >= 0.6 is 23.2 Å². The lowest BCUT2D eigenvalue weighted by molar-refractivity contribution is 0.217. The number of halogens is 2. The molecular weight excluding hydrogens is 311 g/mol. The van der Waals surface area contributed by atoms with Crippen molar-refractivity contribution in [3.63, 3.8) is 0 Å². The van der Waals surface area contributed by atoms with E-state index in [0.717, 1.165) is 0 Å². The molecule has 0 spiro atoms. The minimum atomic E-state index is 0.0299. The number of ether oxygens (including phenoxy) is 2. The fourth-order valence-electron chi connectivity index (χ4n) is 1.63. The van der Waals surface area contributed by atoms with Crippen LogP contribution in [0, 0.1) is 5.41 Å². The van der Waals surface area contributed by atoms with Gasteiger partial charge in [-0.3, -0.25) is 5.41 Å². The van der Waals surface area contributed by atoms with Gasteiger partial charge in [-0.1, -0.05) is 23.2 Å². The van der Waals surface area contributed by atoms with Crippen LogP contribution in [0.15, 0.2) is 42.5 Å². The van der Waals surface area contributed by atoms with Crippen molar-refractivity contribution in [2.45, 2.75) is 0 Å². The summed E-state index contributed by atoms with van der Waals surface area (Å²) in [4.78, 5) is 0. The van der Waals surface area contributed by atoms with E-state index in [2.05, 4.69) is 0 Å². The largest absolute Gasteiger partial charge is 0.490 e. The molecule has 0 aliphatic heterocycles. The molecule has 0 fully saturated rings. The second-order valence-electron chi connectivity index (χ2n) is 4.21. The second kappa shape index (κ2) is 7.20. The molecule has 0 amide bonds. The van der Waals surface area contributed by atoms with Crippen molar-refractivity contribution in [2.24, 2.45) is 5.73 Å². The molecule has 0 bridgehead atoms. The number of nitrogens with two attached hydrogens (primary N) is 1. The molecule has 0 radical (unpaired) electrons. The minimum absolute atomic E-state index is 0.0299. The monoisotopic (exact) mass is 324 g/mol. The Labute approximate surface area is 132 Å². The van der Waals surface area contributed by atoms with Gasteiger partial charge in [-0.25, -0.2) is 0 Å². The van der Waals surface area contributed by atoms with Gasteiger partial charge >= 0.3 is 0 Å². The standard InChI is InChI=1S/C15H14Cl2N2O2/c16-11-3-6-14(13(17)9-11)21-8-7-20-12-4-1-10(2-5-12)15(18)19/h1-6,9H,7-8H2,(H3,18,19). The van der Waals surface area contributed by atoms with Gasteiger partial charge in [-0.15, -0.1) is 0 Å². The molecule has 0 aliphatic rings. The van der Waals surface area contributed by atoms with Crippen molar-refractivity contribution in [2.75, 3.05) is 13.2 Å². The number of nitrogens with one attached hydrogen (secondary N) is 1. The van der Waals surface area contributed by atoms with E-state index in [1.165, 1.54) is 0 Å². The SMILES string of the molecule is N=C(N)c1ccc(OCCOc2ccc(Cl)cc2Cl)cc1. The first kappa shape index (κ1) is 15.5. The molecule has 0 aromatic heterocycles. The summed E-state index contributed by atoms with van der Waals surface area (Å²) in [5.41, 5.74) is 6.03. The van der Waals surface area contributed by atoms with Crippen molar-refractivity contribution in [1.82, 2.24) is 0 Å². The first-order valence-corrected chi connectivity index (χ1v) is 6.97. The number of benzene rings is 2. The molecular formula is C15H14Cl2N2O2. The number of hydrogen-bond acceptors (Lipinski definition) is 3. The third kappa shape index (κ3) is 4.55. The molecule has 2 aromatic rings. The third-order valence-electron chi connectivity index (χ3n) is 2.67. The van der Waals surface area contributed by atoms with Crippen LogP contribution in [0.1, 0.15) is 5.56 Å². The van der Waals surface area contributed by atoms with Crippen molar-refractivity contribution >= 4 is 29.0 Å². The Morgan fingerprint density at radius 2 is 1.67 bits per heavy atom. The maximum absolute atomic E-state index is 7.30. The van der Waals surface area contributed by atoms with Crippen LogP contribution < -0.4 is 15.2 Å². The molecule has 21 heavy (non-hydrogen) atoms. The van der Waals surface area contributed by atoms with Crippen molar-refractivity contribution in [3.05, 3.63) is 58.1 Å². The summed E-state index contributed by atoms with van der Waals surface area (Å²) in [6, 6.07) is 12.0. The molecule has 4 nitrogen and oxygen atoms in total. The maximum Gasteiger partial charge on any atom is 0.138 e. The lowest BCUT2D eigenvalue weighted by Crippen LogP contribution is -2.11. The van der Waals surface area contributed by atoms with Crippen LogP contribution in [0.3, 0.4) is 0 Å². The zero-order chi connectivity index (χ0) is 15.2. The molecule has 2 rings (SSSR count). The van der Waals surface area contributed by atoms with Gasteiger partial charge in [0.2, 0.25) is 0 Å². The summed E-state index contributed by atoms with van der Waals surface area (Å²) >= 11 is 11.8. The van der Waals surface area contributed by atoms with Crippen LogP contribution in [-0.4, -0.2) is 19.0 Å². The number of nitrogen functional groups attached to an aromatic ring is 1. The topological polar surface area (TPSA) is 68.3 Å². The Kier molecular flexibility index (Phi) is 5.31. The highest BCUT2D eigenvalue weighted by Crippen LogP contribution is 2.27. The Morgan fingerprint density at radius 3 is 2.29 bits per heavy atom. The fraction of sp³-hybridized carbons (Fsp3) is 0.133. The Hall–Kier alpha value is -1.91. The molecule has 110 valence electrons. The van der Waals surface area contributed by atoms with Gasteiger partial charge in [-0.05, 0) is 42.5 Å². The predicted octanol–water partition coefficient (Wildman–Crippen LogP) is 3.74. The highest BCUT2D eigenvalue weighted by molar-refractivity contribution is 6.35. The number of rotatable bonds is 6. The quantitative estimate of drug-likeness (QED) is 0.483. The average molecular weight is 325 g/mol. The van der Waals surface area contributed by atoms with Crippen LogP contribution in [0.4, 0.5) is 0 Å². The molecule has 0 aliphatic carbocycles. The van der Waals surface area contributed by atoms with Crippen LogP contribution in [-0.2, 0) is 0 Å². The van der Waals surface area contributed by atoms with Crippen LogP contribution in [0.2, 0.25) is 10.0 Å². The fourth-order valence-corrected chi connectivity index (χ4v) is 2.10. The van der Waals surface area contributed by atoms with E-state index in [9.17, 15) is 0 Å².